The Morgan fingerprint density at radius 3 is 2.42 bits per heavy atom. The standard InChI is InChI=1S/C22H25N5O3.HI/c1-23-22(25-13-12-24-20(28)16-8-10-19(29-2)11-9-16)26-14-18-15-30-21(27-18)17-6-4-3-5-7-17;/h3-11,15H,12-14H2,1-2H3,(H,24,28)(H2,23,25,26);1H. The predicted octanol–water partition coefficient (Wildman–Crippen LogP) is 3.06. The summed E-state index contributed by atoms with van der Waals surface area (Å²) in [5.74, 6) is 1.76. The van der Waals surface area contributed by atoms with Crippen molar-refractivity contribution >= 4 is 35.8 Å². The molecule has 31 heavy (non-hydrogen) atoms. The Labute approximate surface area is 198 Å². The van der Waals surface area contributed by atoms with Crippen LogP contribution in [0.5, 0.6) is 5.75 Å². The number of hydrogen-bond acceptors (Lipinski definition) is 5. The number of aliphatic imine (C=N–C) groups is 1. The van der Waals surface area contributed by atoms with E-state index in [0.717, 1.165) is 11.3 Å². The molecular weight excluding hydrogens is 509 g/mol. The fourth-order valence-electron chi connectivity index (χ4n) is 2.70. The molecule has 0 fully saturated rings. The fourth-order valence-corrected chi connectivity index (χ4v) is 2.70. The van der Waals surface area contributed by atoms with E-state index in [1.54, 1.807) is 44.7 Å². The fraction of sp³-hybridized carbons (Fsp3) is 0.227. The van der Waals surface area contributed by atoms with Crippen LogP contribution in [0.3, 0.4) is 0 Å². The van der Waals surface area contributed by atoms with Gasteiger partial charge in [0, 0.05) is 31.3 Å². The van der Waals surface area contributed by atoms with Crippen molar-refractivity contribution in [3.8, 4) is 17.2 Å². The number of rotatable bonds is 8. The minimum Gasteiger partial charge on any atom is -0.497 e. The summed E-state index contributed by atoms with van der Waals surface area (Å²) >= 11 is 0. The first-order valence-electron chi connectivity index (χ1n) is 9.56. The molecule has 0 bridgehead atoms. The second-order valence-corrected chi connectivity index (χ2v) is 6.35. The maximum atomic E-state index is 12.1. The maximum Gasteiger partial charge on any atom is 0.251 e. The molecule has 0 aliphatic heterocycles. The van der Waals surface area contributed by atoms with E-state index in [2.05, 4.69) is 25.9 Å². The lowest BCUT2D eigenvalue weighted by Gasteiger charge is -2.11. The van der Waals surface area contributed by atoms with Gasteiger partial charge in [0.05, 0.1) is 19.3 Å². The summed E-state index contributed by atoms with van der Waals surface area (Å²) in [6.45, 7) is 1.44. The molecule has 0 radical (unpaired) electrons. The highest BCUT2D eigenvalue weighted by Gasteiger charge is 2.08. The Kier molecular flexibility index (Phi) is 9.82. The van der Waals surface area contributed by atoms with Gasteiger partial charge >= 0.3 is 0 Å². The summed E-state index contributed by atoms with van der Waals surface area (Å²) in [6.07, 6.45) is 1.62. The number of guanidine groups is 1. The number of halogens is 1. The summed E-state index contributed by atoms with van der Waals surface area (Å²) < 4.78 is 10.6. The first-order chi connectivity index (χ1) is 14.7. The van der Waals surface area contributed by atoms with E-state index in [1.807, 2.05) is 30.3 Å². The SMILES string of the molecule is CN=C(NCCNC(=O)c1ccc(OC)cc1)NCc1coc(-c2ccccc2)n1.I. The van der Waals surface area contributed by atoms with Crippen LogP contribution < -0.4 is 20.7 Å². The van der Waals surface area contributed by atoms with Crippen LogP contribution >= 0.6 is 24.0 Å². The molecule has 0 atom stereocenters. The third-order valence-corrected chi connectivity index (χ3v) is 4.29. The Morgan fingerprint density at radius 1 is 1.03 bits per heavy atom. The lowest BCUT2D eigenvalue weighted by atomic mass is 10.2. The third kappa shape index (κ3) is 7.28. The van der Waals surface area contributed by atoms with Crippen LogP contribution in [0, 0.1) is 0 Å². The van der Waals surface area contributed by atoms with E-state index >= 15 is 0 Å². The number of carbonyl (C=O) groups is 1. The molecule has 2 aromatic carbocycles. The van der Waals surface area contributed by atoms with Crippen molar-refractivity contribution in [2.45, 2.75) is 6.54 Å². The molecule has 3 rings (SSSR count). The van der Waals surface area contributed by atoms with Crippen LogP contribution in [-0.2, 0) is 6.54 Å². The smallest absolute Gasteiger partial charge is 0.251 e. The summed E-state index contributed by atoms with van der Waals surface area (Å²) in [4.78, 5) is 20.8. The highest BCUT2D eigenvalue weighted by atomic mass is 127. The molecule has 0 aliphatic rings. The van der Waals surface area contributed by atoms with Crippen LogP contribution in [0.2, 0.25) is 0 Å². The molecule has 9 heteroatoms. The Bertz CT molecular complexity index is 974. The molecule has 1 amide bonds. The van der Waals surface area contributed by atoms with Gasteiger partial charge in [-0.1, -0.05) is 18.2 Å². The van der Waals surface area contributed by atoms with E-state index < -0.39 is 0 Å². The van der Waals surface area contributed by atoms with Crippen molar-refractivity contribution in [3.05, 3.63) is 72.1 Å². The summed E-state index contributed by atoms with van der Waals surface area (Å²) in [5, 5.41) is 9.18. The molecule has 3 N–H and O–H groups in total. The molecule has 164 valence electrons. The summed E-state index contributed by atoms with van der Waals surface area (Å²) in [6, 6.07) is 16.7. The van der Waals surface area contributed by atoms with Gasteiger partial charge in [0.15, 0.2) is 5.96 Å². The predicted molar refractivity (Wildman–Crippen MR) is 131 cm³/mol. The van der Waals surface area contributed by atoms with Crippen molar-refractivity contribution in [2.75, 3.05) is 27.2 Å². The molecule has 0 aliphatic carbocycles. The van der Waals surface area contributed by atoms with Crippen molar-refractivity contribution in [1.29, 1.82) is 0 Å². The van der Waals surface area contributed by atoms with Crippen molar-refractivity contribution in [3.63, 3.8) is 0 Å². The number of benzene rings is 2. The van der Waals surface area contributed by atoms with Crippen LogP contribution in [0.25, 0.3) is 11.5 Å². The quantitative estimate of drug-likeness (QED) is 0.178. The number of amides is 1. The van der Waals surface area contributed by atoms with Gasteiger partial charge in [0.25, 0.3) is 5.91 Å². The average Bonchev–Trinajstić information content (AvgIpc) is 3.28. The Balaban J connectivity index is 0.00000341. The highest BCUT2D eigenvalue weighted by Crippen LogP contribution is 2.17. The van der Waals surface area contributed by atoms with Gasteiger partial charge in [-0.05, 0) is 36.4 Å². The maximum absolute atomic E-state index is 12.1. The van der Waals surface area contributed by atoms with Crippen molar-refractivity contribution < 1.29 is 13.9 Å². The zero-order valence-corrected chi connectivity index (χ0v) is 19.8. The molecule has 8 nitrogen and oxygen atoms in total. The topological polar surface area (TPSA) is 101 Å². The number of aromatic nitrogens is 1. The molecule has 3 aromatic rings. The average molecular weight is 535 g/mol. The zero-order chi connectivity index (χ0) is 21.2. The third-order valence-electron chi connectivity index (χ3n) is 4.29. The molecular formula is C22H26IN5O3. The lowest BCUT2D eigenvalue weighted by molar-refractivity contribution is 0.0954. The molecule has 0 saturated carbocycles. The normalized spacial score (nSPS) is 10.7. The number of ether oxygens (including phenoxy) is 1. The number of oxazole rings is 1. The number of nitrogens with zero attached hydrogens (tertiary/aromatic N) is 2. The number of carbonyl (C=O) groups excluding carboxylic acids is 1. The Morgan fingerprint density at radius 2 is 1.74 bits per heavy atom. The Hall–Kier alpha value is -3.08. The van der Waals surface area contributed by atoms with Gasteiger partial charge in [-0.15, -0.1) is 24.0 Å². The molecule has 1 heterocycles. The van der Waals surface area contributed by atoms with Crippen molar-refractivity contribution in [2.24, 2.45) is 4.99 Å². The molecule has 0 unspecified atom stereocenters. The van der Waals surface area contributed by atoms with Gasteiger partial charge in [0.1, 0.15) is 12.0 Å². The number of nitrogens with one attached hydrogen (secondary N) is 3. The zero-order valence-electron chi connectivity index (χ0n) is 17.4. The first kappa shape index (κ1) is 24.2. The minimum atomic E-state index is -0.140. The van der Waals surface area contributed by atoms with E-state index in [9.17, 15) is 4.79 Å². The van der Waals surface area contributed by atoms with Gasteiger partial charge in [-0.25, -0.2) is 4.98 Å². The van der Waals surface area contributed by atoms with Gasteiger partial charge < -0.3 is 25.1 Å². The summed E-state index contributed by atoms with van der Waals surface area (Å²) in [7, 11) is 3.27. The van der Waals surface area contributed by atoms with Crippen LogP contribution in [0.15, 0.2) is 70.3 Å². The van der Waals surface area contributed by atoms with Crippen molar-refractivity contribution in [1.82, 2.24) is 20.9 Å². The molecule has 0 saturated heterocycles. The second kappa shape index (κ2) is 12.6. The highest BCUT2D eigenvalue weighted by molar-refractivity contribution is 14.0. The number of methoxy groups -OCH3 is 1. The van der Waals surface area contributed by atoms with Crippen LogP contribution in [0.1, 0.15) is 16.1 Å². The van der Waals surface area contributed by atoms with E-state index in [4.69, 9.17) is 9.15 Å². The lowest BCUT2D eigenvalue weighted by Crippen LogP contribution is -2.41. The second-order valence-electron chi connectivity index (χ2n) is 6.35. The van der Waals surface area contributed by atoms with Gasteiger partial charge in [-0.3, -0.25) is 9.79 Å². The molecule has 1 aromatic heterocycles. The minimum absolute atomic E-state index is 0. The number of hydrogen-bond donors (Lipinski definition) is 3. The van der Waals surface area contributed by atoms with E-state index in [0.29, 0.717) is 42.8 Å². The van der Waals surface area contributed by atoms with E-state index in [1.165, 1.54) is 0 Å². The van der Waals surface area contributed by atoms with Gasteiger partial charge in [0.2, 0.25) is 5.89 Å². The van der Waals surface area contributed by atoms with Gasteiger partial charge in [-0.2, -0.15) is 0 Å². The summed E-state index contributed by atoms with van der Waals surface area (Å²) in [5.41, 5.74) is 2.28. The largest absolute Gasteiger partial charge is 0.497 e. The monoisotopic (exact) mass is 535 g/mol. The van der Waals surface area contributed by atoms with Crippen LogP contribution in [0.4, 0.5) is 0 Å². The van der Waals surface area contributed by atoms with Crippen LogP contribution in [-0.4, -0.2) is 44.1 Å². The molecule has 0 spiro atoms. The first-order valence-corrected chi connectivity index (χ1v) is 9.56. The van der Waals surface area contributed by atoms with E-state index in [-0.39, 0.29) is 29.9 Å².